The number of nitrogens with zero attached hydrogens (tertiary/aromatic N) is 1. The molecule has 3 nitrogen and oxygen atoms in total. The molecule has 0 saturated heterocycles. The summed E-state index contributed by atoms with van der Waals surface area (Å²) >= 11 is 0. The van der Waals surface area contributed by atoms with Crippen LogP contribution in [-0.2, 0) is 4.79 Å². The lowest BCUT2D eigenvalue weighted by molar-refractivity contribution is -0.104. The Morgan fingerprint density at radius 1 is 0.952 bits per heavy atom. The van der Waals surface area contributed by atoms with Crippen molar-refractivity contribution in [3.05, 3.63) is 71.3 Å². The number of allylic oxidation sites excluding steroid dienone is 1. The van der Waals surface area contributed by atoms with E-state index in [9.17, 15) is 9.59 Å². The molecule has 2 rings (SSSR count). The van der Waals surface area contributed by atoms with Crippen molar-refractivity contribution in [1.82, 2.24) is 0 Å². The molecule has 0 aliphatic heterocycles. The zero-order chi connectivity index (χ0) is 15.2. The largest absolute Gasteiger partial charge is 0.378 e. The molecule has 0 aliphatic carbocycles. The van der Waals surface area contributed by atoms with Gasteiger partial charge in [0.2, 0.25) is 0 Å². The van der Waals surface area contributed by atoms with E-state index in [0.29, 0.717) is 11.8 Å². The van der Waals surface area contributed by atoms with Crippen LogP contribution in [0.4, 0.5) is 5.69 Å². The van der Waals surface area contributed by atoms with E-state index in [0.717, 1.165) is 11.3 Å². The van der Waals surface area contributed by atoms with Gasteiger partial charge in [-0.2, -0.15) is 0 Å². The van der Waals surface area contributed by atoms with Crippen LogP contribution in [0.25, 0.3) is 6.08 Å². The van der Waals surface area contributed by atoms with E-state index in [1.807, 2.05) is 61.5 Å². The minimum absolute atomic E-state index is 0.152. The number of benzene rings is 2. The highest BCUT2D eigenvalue weighted by atomic mass is 16.1. The normalized spacial score (nSPS) is 11.0. The Labute approximate surface area is 124 Å². The zero-order valence-electron chi connectivity index (χ0n) is 12.1. The second-order valence-electron chi connectivity index (χ2n) is 4.90. The van der Waals surface area contributed by atoms with Gasteiger partial charge in [-0.05, 0) is 35.9 Å². The van der Waals surface area contributed by atoms with Crippen LogP contribution < -0.4 is 4.90 Å². The summed E-state index contributed by atoms with van der Waals surface area (Å²) in [6, 6.07) is 16.5. The number of hydrogen-bond donors (Lipinski definition) is 0. The maximum Gasteiger partial charge on any atom is 0.196 e. The first kappa shape index (κ1) is 14.7. The van der Waals surface area contributed by atoms with Gasteiger partial charge in [-0.1, -0.05) is 30.3 Å². The molecule has 21 heavy (non-hydrogen) atoms. The molecule has 0 N–H and O–H groups in total. The van der Waals surface area contributed by atoms with Crippen LogP contribution in [-0.4, -0.2) is 26.2 Å². The van der Waals surface area contributed by atoms with Crippen LogP contribution in [0, 0.1) is 0 Å². The smallest absolute Gasteiger partial charge is 0.196 e. The van der Waals surface area contributed by atoms with Crippen molar-refractivity contribution in [3.63, 3.8) is 0 Å². The van der Waals surface area contributed by atoms with E-state index < -0.39 is 0 Å². The van der Waals surface area contributed by atoms with E-state index in [-0.39, 0.29) is 11.4 Å². The van der Waals surface area contributed by atoms with Crippen molar-refractivity contribution in [2.24, 2.45) is 0 Å². The van der Waals surface area contributed by atoms with Gasteiger partial charge < -0.3 is 4.90 Å². The van der Waals surface area contributed by atoms with Gasteiger partial charge in [0, 0.05) is 25.3 Å². The molecular formula is C18H17NO2. The van der Waals surface area contributed by atoms with Crippen molar-refractivity contribution in [3.8, 4) is 0 Å². The van der Waals surface area contributed by atoms with Crippen molar-refractivity contribution in [2.75, 3.05) is 19.0 Å². The lowest BCUT2D eigenvalue weighted by Crippen LogP contribution is -2.09. The second-order valence-corrected chi connectivity index (χ2v) is 4.90. The maximum atomic E-state index is 12.3. The summed E-state index contributed by atoms with van der Waals surface area (Å²) in [4.78, 5) is 25.5. The Kier molecular flexibility index (Phi) is 4.67. The molecule has 106 valence electrons. The van der Waals surface area contributed by atoms with Crippen LogP contribution >= 0.6 is 0 Å². The third-order valence-corrected chi connectivity index (χ3v) is 3.16. The molecule has 0 heterocycles. The van der Waals surface area contributed by atoms with Gasteiger partial charge in [0.05, 0.1) is 5.57 Å². The van der Waals surface area contributed by atoms with Gasteiger partial charge in [-0.15, -0.1) is 0 Å². The minimum Gasteiger partial charge on any atom is -0.378 e. The van der Waals surface area contributed by atoms with Gasteiger partial charge in [0.15, 0.2) is 12.1 Å². The highest BCUT2D eigenvalue weighted by Crippen LogP contribution is 2.16. The summed E-state index contributed by atoms with van der Waals surface area (Å²) in [5, 5.41) is 0. The first-order chi connectivity index (χ1) is 10.1. The average molecular weight is 279 g/mol. The molecule has 0 amide bonds. The first-order valence-corrected chi connectivity index (χ1v) is 6.66. The molecule has 0 aromatic heterocycles. The Bertz CT molecular complexity index is 655. The summed E-state index contributed by atoms with van der Waals surface area (Å²) in [5.41, 5.74) is 2.50. The Hall–Kier alpha value is -2.68. The third-order valence-electron chi connectivity index (χ3n) is 3.16. The number of hydrogen-bond acceptors (Lipinski definition) is 3. The Balaban J connectivity index is 2.28. The molecule has 2 aromatic carbocycles. The Morgan fingerprint density at radius 2 is 1.57 bits per heavy atom. The highest BCUT2D eigenvalue weighted by molar-refractivity contribution is 6.23. The summed E-state index contributed by atoms with van der Waals surface area (Å²) in [6.45, 7) is 0. The van der Waals surface area contributed by atoms with Crippen LogP contribution in [0.3, 0.4) is 0 Å². The quantitative estimate of drug-likeness (QED) is 0.277. The van der Waals surface area contributed by atoms with Crippen molar-refractivity contribution in [1.29, 1.82) is 0 Å². The lowest BCUT2D eigenvalue weighted by atomic mass is 10.0. The van der Waals surface area contributed by atoms with Crippen LogP contribution in [0.15, 0.2) is 60.2 Å². The van der Waals surface area contributed by atoms with Crippen molar-refractivity contribution < 1.29 is 9.59 Å². The molecule has 0 aliphatic rings. The number of ketones is 1. The van der Waals surface area contributed by atoms with Crippen molar-refractivity contribution in [2.45, 2.75) is 0 Å². The van der Waals surface area contributed by atoms with Gasteiger partial charge in [-0.25, -0.2) is 0 Å². The van der Waals surface area contributed by atoms with E-state index in [1.165, 1.54) is 0 Å². The van der Waals surface area contributed by atoms with Gasteiger partial charge in [0.1, 0.15) is 0 Å². The standard InChI is InChI=1S/C18H17NO2/c1-19(2)17-10-8-15(9-11-17)18(21)16(13-20)12-14-6-4-3-5-7-14/h3-13H,1-2H3. The Morgan fingerprint density at radius 3 is 2.10 bits per heavy atom. The SMILES string of the molecule is CN(C)c1ccc(C(=O)C(C=O)=Cc2ccccc2)cc1. The number of carbonyl (C=O) groups excluding carboxylic acids is 2. The molecule has 0 saturated carbocycles. The molecule has 0 atom stereocenters. The summed E-state index contributed by atoms with van der Waals surface area (Å²) < 4.78 is 0. The number of aldehydes is 1. The number of anilines is 1. The molecule has 0 unspecified atom stereocenters. The fraction of sp³-hybridized carbons (Fsp3) is 0.111. The van der Waals surface area contributed by atoms with E-state index in [2.05, 4.69) is 0 Å². The molecule has 3 heteroatoms. The molecule has 0 fully saturated rings. The van der Waals surface area contributed by atoms with Gasteiger partial charge in [-0.3, -0.25) is 9.59 Å². The highest BCUT2D eigenvalue weighted by Gasteiger charge is 2.11. The topological polar surface area (TPSA) is 37.4 Å². The molecule has 0 spiro atoms. The number of rotatable bonds is 5. The first-order valence-electron chi connectivity index (χ1n) is 6.66. The van der Waals surface area contributed by atoms with Crippen LogP contribution in [0.2, 0.25) is 0 Å². The number of carbonyl (C=O) groups is 2. The molecule has 0 radical (unpaired) electrons. The predicted molar refractivity (Wildman–Crippen MR) is 85.6 cm³/mol. The zero-order valence-corrected chi connectivity index (χ0v) is 12.1. The fourth-order valence-electron chi connectivity index (χ4n) is 1.96. The molecular weight excluding hydrogens is 262 g/mol. The third kappa shape index (κ3) is 3.66. The van der Waals surface area contributed by atoms with Crippen molar-refractivity contribution >= 4 is 23.8 Å². The monoisotopic (exact) mass is 279 g/mol. The van der Waals surface area contributed by atoms with E-state index >= 15 is 0 Å². The molecule has 0 bridgehead atoms. The summed E-state index contributed by atoms with van der Waals surface area (Å²) in [5.74, 6) is -0.265. The van der Waals surface area contributed by atoms with Gasteiger partial charge >= 0.3 is 0 Å². The van der Waals surface area contributed by atoms with Gasteiger partial charge in [0.25, 0.3) is 0 Å². The molecule has 2 aromatic rings. The average Bonchev–Trinajstić information content (AvgIpc) is 2.53. The predicted octanol–water partition coefficient (Wildman–Crippen LogP) is 3.22. The van der Waals surface area contributed by atoms with Crippen LogP contribution in [0.1, 0.15) is 15.9 Å². The maximum absolute atomic E-state index is 12.3. The van der Waals surface area contributed by atoms with E-state index in [4.69, 9.17) is 0 Å². The lowest BCUT2D eigenvalue weighted by Gasteiger charge is -2.12. The fourth-order valence-corrected chi connectivity index (χ4v) is 1.96. The second kappa shape index (κ2) is 6.66. The summed E-state index contributed by atoms with van der Waals surface area (Å²) in [7, 11) is 3.87. The number of Topliss-reactive ketones (excluding diaryl/α,β-unsaturated/α-hetero) is 1. The summed E-state index contributed by atoms with van der Waals surface area (Å²) in [6.07, 6.45) is 2.21. The van der Waals surface area contributed by atoms with Crippen LogP contribution in [0.5, 0.6) is 0 Å². The minimum atomic E-state index is -0.265. The van der Waals surface area contributed by atoms with E-state index in [1.54, 1.807) is 18.2 Å².